The predicted molar refractivity (Wildman–Crippen MR) is 111 cm³/mol. The molecule has 2 heterocycles. The van der Waals surface area contributed by atoms with Crippen LogP contribution in [0.5, 0.6) is 0 Å². The first-order valence-electron chi connectivity index (χ1n) is 9.62. The van der Waals surface area contributed by atoms with Gasteiger partial charge in [0.2, 0.25) is 5.91 Å². The molecule has 3 rings (SSSR count). The highest BCUT2D eigenvalue weighted by Gasteiger charge is 2.21. The minimum atomic E-state index is -0.303. The number of nitrogens with one attached hydrogen (secondary N) is 3. The Morgan fingerprint density at radius 1 is 1.26 bits per heavy atom. The number of carbonyl (C=O) groups is 2. The molecule has 27 heavy (non-hydrogen) atoms. The van der Waals surface area contributed by atoms with Gasteiger partial charge in [-0.3, -0.25) is 9.59 Å². The Kier molecular flexibility index (Phi) is 7.10. The molecule has 1 unspecified atom stereocenters. The Balaban J connectivity index is 1.39. The summed E-state index contributed by atoms with van der Waals surface area (Å²) >= 11 is 7.64. The van der Waals surface area contributed by atoms with Crippen molar-refractivity contribution >= 4 is 44.8 Å². The minimum Gasteiger partial charge on any atom is -0.354 e. The van der Waals surface area contributed by atoms with Crippen molar-refractivity contribution in [1.82, 2.24) is 10.6 Å². The average molecular weight is 409 g/mol. The third-order valence-electron chi connectivity index (χ3n) is 5.23. The van der Waals surface area contributed by atoms with Gasteiger partial charge in [-0.2, -0.15) is 0 Å². The van der Waals surface area contributed by atoms with Gasteiger partial charge in [-0.25, -0.2) is 0 Å². The fraction of sp³-hybridized carbons (Fsp3) is 0.500. The number of fused-ring (bicyclic) bond motifs is 1. The van der Waals surface area contributed by atoms with Crippen LogP contribution in [0.3, 0.4) is 0 Å². The Morgan fingerprint density at radius 2 is 2.07 bits per heavy atom. The van der Waals surface area contributed by atoms with E-state index in [9.17, 15) is 9.59 Å². The maximum Gasteiger partial charge on any atom is 0.263 e. The molecule has 0 aliphatic carbocycles. The quantitative estimate of drug-likeness (QED) is 0.615. The van der Waals surface area contributed by atoms with E-state index in [0.29, 0.717) is 16.4 Å². The zero-order chi connectivity index (χ0) is 19.2. The Hall–Kier alpha value is -1.63. The van der Waals surface area contributed by atoms with Crippen LogP contribution in [0, 0.1) is 0 Å². The Morgan fingerprint density at radius 3 is 2.85 bits per heavy atom. The van der Waals surface area contributed by atoms with E-state index in [2.05, 4.69) is 17.6 Å². The van der Waals surface area contributed by atoms with Crippen molar-refractivity contribution < 1.29 is 14.5 Å². The third-order valence-corrected chi connectivity index (χ3v) is 6.90. The number of quaternary nitrogens is 1. The van der Waals surface area contributed by atoms with Crippen molar-refractivity contribution in [2.45, 2.75) is 38.6 Å². The van der Waals surface area contributed by atoms with Crippen molar-refractivity contribution in [2.24, 2.45) is 0 Å². The first kappa shape index (κ1) is 20.1. The van der Waals surface area contributed by atoms with E-state index >= 15 is 0 Å². The third kappa shape index (κ3) is 5.21. The standard InChI is InChI=1S/C20H26ClN3O2S/c1-14-7-4-5-11-24(14)12-6-10-22-17(25)13-23-20(26)19-18(21)15-8-2-3-9-16(15)27-19/h2-3,8-9,14H,4-7,10-13H2,1H3,(H,22,25)(H,23,26)/p+1/t14-/m1/s1. The molecule has 3 N–H and O–H groups in total. The van der Waals surface area contributed by atoms with E-state index in [1.54, 1.807) is 4.90 Å². The zero-order valence-corrected chi connectivity index (χ0v) is 17.2. The molecule has 2 aromatic rings. The van der Waals surface area contributed by atoms with Gasteiger partial charge in [0.05, 0.1) is 30.7 Å². The predicted octanol–water partition coefficient (Wildman–Crippen LogP) is 2.25. The number of thiophene rings is 1. The van der Waals surface area contributed by atoms with Crippen LogP contribution in [0.2, 0.25) is 5.02 Å². The van der Waals surface area contributed by atoms with E-state index in [-0.39, 0.29) is 18.4 Å². The first-order chi connectivity index (χ1) is 13.1. The van der Waals surface area contributed by atoms with Gasteiger partial charge in [0.25, 0.3) is 5.91 Å². The number of benzene rings is 1. The van der Waals surface area contributed by atoms with Crippen molar-refractivity contribution in [3.05, 3.63) is 34.2 Å². The molecule has 1 aromatic carbocycles. The number of amides is 2. The van der Waals surface area contributed by atoms with Crippen molar-refractivity contribution in [1.29, 1.82) is 0 Å². The second-order valence-corrected chi connectivity index (χ2v) is 8.61. The van der Waals surface area contributed by atoms with E-state index < -0.39 is 0 Å². The van der Waals surface area contributed by atoms with E-state index in [4.69, 9.17) is 11.6 Å². The van der Waals surface area contributed by atoms with Crippen LogP contribution in [-0.4, -0.2) is 44.0 Å². The van der Waals surface area contributed by atoms with Crippen LogP contribution in [0.15, 0.2) is 24.3 Å². The van der Waals surface area contributed by atoms with Gasteiger partial charge in [0.15, 0.2) is 0 Å². The fourth-order valence-electron chi connectivity index (χ4n) is 3.63. The molecule has 5 nitrogen and oxygen atoms in total. The lowest BCUT2D eigenvalue weighted by molar-refractivity contribution is -0.928. The number of hydrogen-bond donors (Lipinski definition) is 3. The molecule has 1 aliphatic heterocycles. The minimum absolute atomic E-state index is 0.0314. The molecule has 2 atom stereocenters. The second-order valence-electron chi connectivity index (χ2n) is 7.18. The van der Waals surface area contributed by atoms with Crippen LogP contribution < -0.4 is 15.5 Å². The molecule has 1 fully saturated rings. The van der Waals surface area contributed by atoms with Crippen LogP contribution in [0.4, 0.5) is 0 Å². The first-order valence-corrected chi connectivity index (χ1v) is 10.8. The molecule has 146 valence electrons. The number of halogens is 1. The molecule has 2 amide bonds. The molecule has 7 heteroatoms. The lowest BCUT2D eigenvalue weighted by Crippen LogP contribution is -3.16. The van der Waals surface area contributed by atoms with Gasteiger partial charge < -0.3 is 15.5 Å². The average Bonchev–Trinajstić information content (AvgIpc) is 3.02. The van der Waals surface area contributed by atoms with Crippen molar-refractivity contribution in [2.75, 3.05) is 26.2 Å². The number of piperidine rings is 1. The van der Waals surface area contributed by atoms with Crippen molar-refractivity contribution in [3.8, 4) is 0 Å². The highest BCUT2D eigenvalue weighted by molar-refractivity contribution is 7.21. The van der Waals surface area contributed by atoms with E-state index in [0.717, 1.165) is 29.1 Å². The summed E-state index contributed by atoms with van der Waals surface area (Å²) in [7, 11) is 0. The van der Waals surface area contributed by atoms with Gasteiger partial charge in [-0.1, -0.05) is 29.8 Å². The van der Waals surface area contributed by atoms with E-state index in [1.165, 1.54) is 37.1 Å². The molecule has 0 spiro atoms. The summed E-state index contributed by atoms with van der Waals surface area (Å²) in [5.74, 6) is -0.467. The lowest BCUT2D eigenvalue weighted by Gasteiger charge is -2.30. The summed E-state index contributed by atoms with van der Waals surface area (Å²) in [6.45, 7) is 5.25. The van der Waals surface area contributed by atoms with Gasteiger partial charge in [-0.15, -0.1) is 11.3 Å². The summed E-state index contributed by atoms with van der Waals surface area (Å²) in [4.78, 5) is 26.4. The number of likely N-dealkylation sites (tertiary alicyclic amines) is 1. The largest absolute Gasteiger partial charge is 0.354 e. The fourth-order valence-corrected chi connectivity index (χ4v) is 5.06. The topological polar surface area (TPSA) is 62.6 Å². The number of carbonyl (C=O) groups excluding carboxylic acids is 2. The molecule has 0 saturated carbocycles. The molecule has 0 radical (unpaired) electrons. The SMILES string of the molecule is C[C@@H]1CCCC[NH+]1CCCNC(=O)CNC(=O)c1sc2ccccc2c1Cl. The van der Waals surface area contributed by atoms with Gasteiger partial charge in [0.1, 0.15) is 4.88 Å². The summed E-state index contributed by atoms with van der Waals surface area (Å²) in [6.07, 6.45) is 4.90. The zero-order valence-electron chi connectivity index (χ0n) is 15.6. The monoisotopic (exact) mass is 408 g/mol. The molecule has 1 aromatic heterocycles. The highest BCUT2D eigenvalue weighted by Crippen LogP contribution is 2.34. The summed E-state index contributed by atoms with van der Waals surface area (Å²) in [5, 5.41) is 6.88. The Bertz CT molecular complexity index is 808. The van der Waals surface area contributed by atoms with Crippen LogP contribution >= 0.6 is 22.9 Å². The smallest absolute Gasteiger partial charge is 0.263 e. The summed E-state index contributed by atoms with van der Waals surface area (Å²) in [5.41, 5.74) is 0. The molecule has 1 aliphatic rings. The van der Waals surface area contributed by atoms with Gasteiger partial charge in [-0.05, 0) is 32.3 Å². The molecular formula is C20H27ClN3O2S+. The lowest BCUT2D eigenvalue weighted by atomic mass is 10.0. The maximum absolute atomic E-state index is 12.3. The second kappa shape index (κ2) is 9.53. The van der Waals surface area contributed by atoms with E-state index in [1.807, 2.05) is 24.3 Å². The van der Waals surface area contributed by atoms with Gasteiger partial charge in [0, 0.05) is 23.1 Å². The summed E-state index contributed by atoms with van der Waals surface area (Å²) < 4.78 is 0.964. The normalized spacial score (nSPS) is 19.8. The van der Waals surface area contributed by atoms with Crippen LogP contribution in [0.25, 0.3) is 10.1 Å². The number of hydrogen-bond acceptors (Lipinski definition) is 3. The Labute approximate surface area is 169 Å². The molecular weight excluding hydrogens is 382 g/mol. The van der Waals surface area contributed by atoms with Crippen LogP contribution in [0.1, 0.15) is 42.3 Å². The number of rotatable bonds is 7. The van der Waals surface area contributed by atoms with Gasteiger partial charge >= 0.3 is 0 Å². The van der Waals surface area contributed by atoms with Crippen molar-refractivity contribution in [3.63, 3.8) is 0 Å². The molecule has 0 bridgehead atoms. The highest BCUT2D eigenvalue weighted by atomic mass is 35.5. The molecule has 1 saturated heterocycles. The van der Waals surface area contributed by atoms with Crippen LogP contribution in [-0.2, 0) is 4.79 Å². The summed E-state index contributed by atoms with van der Waals surface area (Å²) in [6, 6.07) is 8.35. The maximum atomic E-state index is 12.3.